The molecular weight excluding hydrogens is 379 g/mol. The average molecular weight is 399 g/mol. The molecule has 1 aliphatic carbocycles. The Bertz CT molecular complexity index is 1140. The molecule has 4 rings (SSSR count). The smallest absolute Gasteiger partial charge is 0.389 e. The van der Waals surface area contributed by atoms with Crippen molar-refractivity contribution in [2.75, 3.05) is 7.11 Å². The molecule has 3 unspecified atom stereocenters. The molecule has 0 bridgehead atoms. The number of hydrogen-bond acceptors (Lipinski definition) is 2. The molecule has 3 aromatic carbocycles. The third kappa shape index (κ3) is 3.36. The third-order valence-electron chi connectivity index (χ3n) is 6.04. The minimum Gasteiger partial charge on any atom is -0.496 e. The van der Waals surface area contributed by atoms with E-state index in [1.165, 1.54) is 0 Å². The Balaban J connectivity index is 2.00. The maximum atomic E-state index is 13.1. The first-order chi connectivity index (χ1) is 13.8. The standard InChI is InChI=1S/C22H20F3N3O/c1-12-13(11-22(23,24)25)9-19(27-28-26)21-14(12)7-8-16-15-5-3-4-6-17(15)20(29-2)10-18(16)21/h3-8,10,12-13,19H,9,11H2,1-2H3. The van der Waals surface area contributed by atoms with E-state index >= 15 is 0 Å². The van der Waals surface area contributed by atoms with Crippen molar-refractivity contribution in [2.45, 2.75) is 37.9 Å². The van der Waals surface area contributed by atoms with Crippen LogP contribution in [0.4, 0.5) is 13.2 Å². The quantitative estimate of drug-likeness (QED) is 0.195. The van der Waals surface area contributed by atoms with Crippen molar-refractivity contribution in [3.8, 4) is 5.75 Å². The van der Waals surface area contributed by atoms with Crippen molar-refractivity contribution in [3.63, 3.8) is 0 Å². The van der Waals surface area contributed by atoms with E-state index in [0.717, 1.165) is 32.7 Å². The summed E-state index contributed by atoms with van der Waals surface area (Å²) < 4.78 is 44.9. The van der Waals surface area contributed by atoms with E-state index < -0.39 is 24.6 Å². The molecule has 0 aliphatic heterocycles. The first-order valence-electron chi connectivity index (χ1n) is 9.47. The topological polar surface area (TPSA) is 58.0 Å². The van der Waals surface area contributed by atoms with Gasteiger partial charge >= 0.3 is 6.18 Å². The van der Waals surface area contributed by atoms with Crippen molar-refractivity contribution >= 4 is 21.5 Å². The molecule has 0 radical (unpaired) electrons. The lowest BCUT2D eigenvalue weighted by Gasteiger charge is -2.36. The number of halogens is 3. The molecular formula is C22H20F3N3O. The molecule has 0 heterocycles. The second-order valence-corrected chi connectivity index (χ2v) is 7.61. The van der Waals surface area contributed by atoms with Crippen LogP contribution in [0.1, 0.15) is 42.9 Å². The van der Waals surface area contributed by atoms with Gasteiger partial charge in [0.05, 0.1) is 13.2 Å². The fraction of sp³-hybridized carbons (Fsp3) is 0.364. The Kier molecular flexibility index (Phi) is 4.79. The number of ether oxygens (including phenoxy) is 1. The van der Waals surface area contributed by atoms with Crippen LogP contribution in [0.3, 0.4) is 0 Å². The van der Waals surface area contributed by atoms with Gasteiger partial charge in [-0.15, -0.1) is 0 Å². The average Bonchev–Trinajstić information content (AvgIpc) is 2.69. The van der Waals surface area contributed by atoms with Gasteiger partial charge in [-0.2, -0.15) is 13.2 Å². The molecule has 0 saturated carbocycles. The van der Waals surface area contributed by atoms with Gasteiger partial charge in [0.25, 0.3) is 0 Å². The van der Waals surface area contributed by atoms with E-state index in [9.17, 15) is 13.2 Å². The SMILES string of the molecule is COc1cc2c3c(ccc2c2ccccc12)C(C)C(CC(F)(F)F)CC3N=[N+]=[N-]. The Labute approximate surface area is 165 Å². The van der Waals surface area contributed by atoms with E-state index in [1.807, 2.05) is 49.4 Å². The zero-order chi connectivity index (χ0) is 20.8. The molecule has 0 amide bonds. The lowest BCUT2D eigenvalue weighted by atomic mass is 9.71. The second-order valence-electron chi connectivity index (χ2n) is 7.61. The molecule has 150 valence electrons. The van der Waals surface area contributed by atoms with E-state index in [0.29, 0.717) is 5.75 Å². The first-order valence-corrected chi connectivity index (χ1v) is 9.47. The summed E-state index contributed by atoms with van der Waals surface area (Å²) in [7, 11) is 1.59. The van der Waals surface area contributed by atoms with Crippen LogP contribution < -0.4 is 4.74 Å². The van der Waals surface area contributed by atoms with Gasteiger partial charge in [0, 0.05) is 16.7 Å². The Morgan fingerprint density at radius 1 is 1.10 bits per heavy atom. The van der Waals surface area contributed by atoms with Gasteiger partial charge < -0.3 is 4.74 Å². The number of nitrogens with zero attached hydrogens (tertiary/aromatic N) is 3. The number of alkyl halides is 3. The van der Waals surface area contributed by atoms with Crippen LogP contribution in [0.5, 0.6) is 5.75 Å². The van der Waals surface area contributed by atoms with Crippen molar-refractivity contribution in [1.82, 2.24) is 0 Å². The highest BCUT2D eigenvalue weighted by Gasteiger charge is 2.40. The summed E-state index contributed by atoms with van der Waals surface area (Å²) in [5.74, 6) is -0.234. The van der Waals surface area contributed by atoms with Crippen molar-refractivity contribution in [3.05, 3.63) is 64.0 Å². The summed E-state index contributed by atoms with van der Waals surface area (Å²) in [6, 6.07) is 12.9. The van der Waals surface area contributed by atoms with Crippen LogP contribution in [0.15, 0.2) is 47.6 Å². The molecule has 3 atom stereocenters. The summed E-state index contributed by atoms with van der Waals surface area (Å²) >= 11 is 0. The molecule has 0 aromatic heterocycles. The van der Waals surface area contributed by atoms with Gasteiger partial charge in [0.1, 0.15) is 5.75 Å². The normalized spacial score (nSPS) is 21.6. The summed E-state index contributed by atoms with van der Waals surface area (Å²) in [6.45, 7) is 1.83. The van der Waals surface area contributed by atoms with Crippen LogP contribution in [-0.2, 0) is 0 Å². The molecule has 3 aromatic rings. The van der Waals surface area contributed by atoms with E-state index in [1.54, 1.807) is 7.11 Å². The minimum atomic E-state index is -4.26. The monoisotopic (exact) mass is 399 g/mol. The Hall–Kier alpha value is -2.92. The van der Waals surface area contributed by atoms with Gasteiger partial charge in [0.15, 0.2) is 0 Å². The molecule has 4 nitrogen and oxygen atoms in total. The molecule has 1 aliphatic rings. The highest BCUT2D eigenvalue weighted by atomic mass is 19.4. The predicted octanol–water partition coefficient (Wildman–Crippen LogP) is 7.43. The molecule has 0 saturated heterocycles. The summed E-state index contributed by atoms with van der Waals surface area (Å²) in [5, 5.41) is 7.69. The first kappa shape index (κ1) is 19.4. The number of hydrogen-bond donors (Lipinski definition) is 0. The van der Waals surface area contributed by atoms with Crippen LogP contribution in [0.25, 0.3) is 32.0 Å². The highest BCUT2D eigenvalue weighted by molar-refractivity contribution is 6.11. The lowest BCUT2D eigenvalue weighted by molar-refractivity contribution is -0.147. The number of benzene rings is 3. The Morgan fingerprint density at radius 2 is 1.79 bits per heavy atom. The fourth-order valence-electron chi connectivity index (χ4n) is 4.71. The molecule has 29 heavy (non-hydrogen) atoms. The minimum absolute atomic E-state index is 0.173. The van der Waals surface area contributed by atoms with Gasteiger partial charge in [0.2, 0.25) is 0 Å². The Morgan fingerprint density at radius 3 is 2.45 bits per heavy atom. The number of fused-ring (bicyclic) bond motifs is 5. The van der Waals surface area contributed by atoms with Crippen LogP contribution >= 0.6 is 0 Å². The van der Waals surface area contributed by atoms with Crippen LogP contribution in [-0.4, -0.2) is 13.3 Å². The van der Waals surface area contributed by atoms with Gasteiger partial charge in [-0.25, -0.2) is 0 Å². The third-order valence-corrected chi connectivity index (χ3v) is 6.04. The number of rotatable bonds is 3. The maximum Gasteiger partial charge on any atom is 0.389 e. The molecule has 7 heteroatoms. The molecule has 0 N–H and O–H groups in total. The zero-order valence-corrected chi connectivity index (χ0v) is 16.1. The van der Waals surface area contributed by atoms with Crippen LogP contribution in [0, 0.1) is 5.92 Å². The van der Waals surface area contributed by atoms with Crippen molar-refractivity contribution in [2.24, 2.45) is 11.0 Å². The van der Waals surface area contributed by atoms with E-state index in [-0.39, 0.29) is 12.3 Å². The lowest BCUT2D eigenvalue weighted by Crippen LogP contribution is -2.26. The van der Waals surface area contributed by atoms with Gasteiger partial charge in [-0.05, 0) is 57.1 Å². The zero-order valence-electron chi connectivity index (χ0n) is 16.1. The fourth-order valence-corrected chi connectivity index (χ4v) is 4.71. The number of azide groups is 1. The van der Waals surface area contributed by atoms with Crippen molar-refractivity contribution < 1.29 is 17.9 Å². The van der Waals surface area contributed by atoms with E-state index in [2.05, 4.69) is 10.0 Å². The van der Waals surface area contributed by atoms with Gasteiger partial charge in [-0.3, -0.25) is 0 Å². The maximum absolute atomic E-state index is 13.1. The largest absolute Gasteiger partial charge is 0.496 e. The molecule has 0 spiro atoms. The highest BCUT2D eigenvalue weighted by Crippen LogP contribution is 2.50. The summed E-state index contributed by atoms with van der Waals surface area (Å²) in [5.41, 5.74) is 10.7. The second kappa shape index (κ2) is 7.16. The van der Waals surface area contributed by atoms with Crippen molar-refractivity contribution in [1.29, 1.82) is 0 Å². The van der Waals surface area contributed by atoms with Gasteiger partial charge in [-0.1, -0.05) is 48.4 Å². The van der Waals surface area contributed by atoms with E-state index in [4.69, 9.17) is 10.3 Å². The van der Waals surface area contributed by atoms with Crippen LogP contribution in [0.2, 0.25) is 0 Å². The molecule has 0 fully saturated rings. The summed E-state index contributed by atoms with van der Waals surface area (Å²) in [4.78, 5) is 2.94. The predicted molar refractivity (Wildman–Crippen MR) is 107 cm³/mol. The number of methoxy groups -OCH3 is 1. The summed E-state index contributed by atoms with van der Waals surface area (Å²) in [6.07, 6.45) is -4.97.